The average molecular weight is 394 g/mol. The van der Waals surface area contributed by atoms with Gasteiger partial charge in [-0.25, -0.2) is 23.5 Å². The molecule has 146 valence electrons. The van der Waals surface area contributed by atoms with Crippen LogP contribution in [0.2, 0.25) is 0 Å². The van der Waals surface area contributed by atoms with Gasteiger partial charge in [-0.05, 0) is 36.5 Å². The van der Waals surface area contributed by atoms with Crippen LogP contribution >= 0.6 is 0 Å². The van der Waals surface area contributed by atoms with Crippen LogP contribution in [0.5, 0.6) is 5.88 Å². The second-order valence-corrected chi connectivity index (χ2v) is 6.98. The highest BCUT2D eigenvalue weighted by Gasteiger charge is 2.36. The topological polar surface area (TPSA) is 119 Å². The van der Waals surface area contributed by atoms with Crippen molar-refractivity contribution in [3.8, 4) is 11.8 Å². The molecule has 1 saturated carbocycles. The molecule has 3 aromatic heterocycles. The van der Waals surface area contributed by atoms with E-state index in [-0.39, 0.29) is 29.3 Å². The zero-order valence-corrected chi connectivity index (χ0v) is 15.0. The van der Waals surface area contributed by atoms with Crippen LogP contribution in [0.3, 0.4) is 0 Å². The Morgan fingerprint density at radius 3 is 2.55 bits per heavy atom. The summed E-state index contributed by atoms with van der Waals surface area (Å²) in [6, 6.07) is 6.08. The predicted molar refractivity (Wildman–Crippen MR) is 98.3 cm³/mol. The van der Waals surface area contributed by atoms with E-state index in [0.717, 1.165) is 18.4 Å². The Hall–Kier alpha value is -3.82. The van der Waals surface area contributed by atoms with E-state index >= 15 is 0 Å². The largest absolute Gasteiger partial charge is 0.492 e. The lowest BCUT2D eigenvalue weighted by atomic mass is 10.0. The molecule has 3 heterocycles. The quantitative estimate of drug-likeness (QED) is 0.534. The third kappa shape index (κ3) is 2.98. The number of carboxylic acid groups (broad SMARTS) is 1. The monoisotopic (exact) mass is 394 g/mol. The third-order valence-corrected chi connectivity index (χ3v) is 4.99. The third-order valence-electron chi connectivity index (χ3n) is 4.99. The first kappa shape index (κ1) is 17.3. The van der Waals surface area contributed by atoms with Gasteiger partial charge in [-0.2, -0.15) is 15.2 Å². The highest BCUT2D eigenvalue weighted by atomic mass is 19.1. The number of carbonyl (C=O) groups is 1. The van der Waals surface area contributed by atoms with E-state index in [1.807, 2.05) is 0 Å². The van der Waals surface area contributed by atoms with Crippen LogP contribution in [0.4, 0.5) is 4.39 Å². The molecule has 1 atom stereocenters. The van der Waals surface area contributed by atoms with Gasteiger partial charge in [0.2, 0.25) is 5.88 Å². The summed E-state index contributed by atoms with van der Waals surface area (Å²) < 4.78 is 16.2. The number of nitrogens with zero attached hydrogens (tertiary/aromatic N) is 6. The molecule has 9 nitrogen and oxygen atoms in total. The zero-order chi connectivity index (χ0) is 20.1. The molecule has 4 aromatic rings. The SMILES string of the molecule is O=C(O)c1cnn(-c2nc(O)c3c(cnn3C(c3ccc(F)cc3)C3CC3)n2)c1. The number of rotatable bonds is 5. The van der Waals surface area contributed by atoms with Crippen molar-refractivity contribution in [1.29, 1.82) is 0 Å². The van der Waals surface area contributed by atoms with Crippen molar-refractivity contribution in [1.82, 2.24) is 29.5 Å². The number of aromatic nitrogens is 6. The van der Waals surface area contributed by atoms with Crippen molar-refractivity contribution in [2.24, 2.45) is 5.92 Å². The molecule has 0 aliphatic heterocycles. The highest BCUT2D eigenvalue weighted by Crippen LogP contribution is 2.44. The predicted octanol–water partition coefficient (Wildman–Crippen LogP) is 2.55. The average Bonchev–Trinajstić information content (AvgIpc) is 3.23. The maximum atomic E-state index is 13.4. The van der Waals surface area contributed by atoms with E-state index in [4.69, 9.17) is 5.11 Å². The number of aromatic hydroxyl groups is 1. The Labute approximate surface area is 163 Å². The van der Waals surface area contributed by atoms with Crippen LogP contribution in [0.25, 0.3) is 17.0 Å². The number of benzene rings is 1. The molecular formula is C19H15FN6O3. The van der Waals surface area contributed by atoms with Crippen molar-refractivity contribution >= 4 is 17.0 Å². The Morgan fingerprint density at radius 2 is 1.90 bits per heavy atom. The maximum absolute atomic E-state index is 13.4. The summed E-state index contributed by atoms with van der Waals surface area (Å²) >= 11 is 0. The molecule has 29 heavy (non-hydrogen) atoms. The van der Waals surface area contributed by atoms with Gasteiger partial charge >= 0.3 is 5.97 Å². The molecule has 0 amide bonds. The number of halogens is 1. The van der Waals surface area contributed by atoms with Crippen molar-refractivity contribution < 1.29 is 19.4 Å². The van der Waals surface area contributed by atoms with E-state index in [2.05, 4.69) is 20.2 Å². The van der Waals surface area contributed by atoms with E-state index in [0.29, 0.717) is 17.0 Å². The lowest BCUT2D eigenvalue weighted by molar-refractivity contribution is 0.0697. The van der Waals surface area contributed by atoms with E-state index in [1.54, 1.807) is 16.8 Å². The van der Waals surface area contributed by atoms with E-state index in [9.17, 15) is 14.3 Å². The second-order valence-electron chi connectivity index (χ2n) is 6.98. The molecule has 10 heteroatoms. The first-order valence-corrected chi connectivity index (χ1v) is 8.99. The highest BCUT2D eigenvalue weighted by molar-refractivity contribution is 5.87. The van der Waals surface area contributed by atoms with Crippen molar-refractivity contribution in [2.45, 2.75) is 18.9 Å². The summed E-state index contributed by atoms with van der Waals surface area (Å²) in [6.07, 6.45) is 5.97. The minimum atomic E-state index is -1.12. The fraction of sp³-hybridized carbons (Fsp3) is 0.211. The van der Waals surface area contributed by atoms with Gasteiger partial charge in [-0.3, -0.25) is 0 Å². The molecule has 0 radical (unpaired) electrons. The van der Waals surface area contributed by atoms with Gasteiger partial charge in [-0.15, -0.1) is 0 Å². The van der Waals surface area contributed by atoms with Crippen LogP contribution < -0.4 is 0 Å². The summed E-state index contributed by atoms with van der Waals surface area (Å²) in [5.74, 6) is -1.37. The summed E-state index contributed by atoms with van der Waals surface area (Å²) in [5.41, 5.74) is 1.63. The van der Waals surface area contributed by atoms with Gasteiger partial charge in [0, 0.05) is 6.20 Å². The van der Waals surface area contributed by atoms with Crippen molar-refractivity contribution in [3.05, 3.63) is 59.8 Å². The summed E-state index contributed by atoms with van der Waals surface area (Å²) in [5, 5.41) is 28.0. The first-order chi connectivity index (χ1) is 14.0. The number of aromatic carboxylic acids is 1. The number of hydrogen-bond acceptors (Lipinski definition) is 6. The van der Waals surface area contributed by atoms with Gasteiger partial charge in [-0.1, -0.05) is 12.1 Å². The summed E-state index contributed by atoms with van der Waals surface area (Å²) in [6.45, 7) is 0. The lowest BCUT2D eigenvalue weighted by Crippen LogP contribution is -2.15. The molecule has 2 N–H and O–H groups in total. The fourth-order valence-electron chi connectivity index (χ4n) is 3.47. The fourth-order valence-corrected chi connectivity index (χ4v) is 3.47. The standard InChI is InChI=1S/C19H15FN6O3/c20-13-5-3-11(4-6-13)15(10-1-2-10)26-16-14(8-22-26)23-19(24-17(16)27)25-9-12(7-21-25)18(28)29/h3-10,15H,1-2H2,(H,28,29)(H,23,24,27). The Kier molecular flexibility index (Phi) is 3.79. The Morgan fingerprint density at radius 1 is 1.14 bits per heavy atom. The zero-order valence-electron chi connectivity index (χ0n) is 15.0. The van der Waals surface area contributed by atoms with Gasteiger partial charge in [0.15, 0.2) is 0 Å². The molecule has 1 fully saturated rings. The normalized spacial score (nSPS) is 14.9. The lowest BCUT2D eigenvalue weighted by Gasteiger charge is -2.19. The molecule has 5 rings (SSSR count). The number of hydrogen-bond donors (Lipinski definition) is 2. The molecule has 1 aromatic carbocycles. The summed E-state index contributed by atoms with van der Waals surface area (Å²) in [7, 11) is 0. The van der Waals surface area contributed by atoms with Crippen LogP contribution in [-0.2, 0) is 0 Å². The van der Waals surface area contributed by atoms with Gasteiger partial charge < -0.3 is 10.2 Å². The smallest absolute Gasteiger partial charge is 0.338 e. The van der Waals surface area contributed by atoms with Crippen LogP contribution in [-0.4, -0.2) is 45.7 Å². The molecule has 0 saturated heterocycles. The molecule has 1 aliphatic rings. The Bertz CT molecular complexity index is 1230. The van der Waals surface area contributed by atoms with Crippen LogP contribution in [0, 0.1) is 11.7 Å². The van der Waals surface area contributed by atoms with Gasteiger partial charge in [0.1, 0.15) is 16.9 Å². The molecule has 0 spiro atoms. The first-order valence-electron chi connectivity index (χ1n) is 8.99. The minimum Gasteiger partial charge on any atom is -0.492 e. The van der Waals surface area contributed by atoms with E-state index < -0.39 is 5.97 Å². The number of carboxylic acids is 1. The van der Waals surface area contributed by atoms with Crippen molar-refractivity contribution in [2.75, 3.05) is 0 Å². The molecule has 0 bridgehead atoms. The summed E-state index contributed by atoms with van der Waals surface area (Å²) in [4.78, 5) is 19.5. The maximum Gasteiger partial charge on any atom is 0.338 e. The molecule has 1 aliphatic carbocycles. The van der Waals surface area contributed by atoms with Crippen molar-refractivity contribution in [3.63, 3.8) is 0 Å². The van der Waals surface area contributed by atoms with Gasteiger partial charge in [0.25, 0.3) is 5.95 Å². The molecular weight excluding hydrogens is 379 g/mol. The second kappa shape index (κ2) is 6.36. The van der Waals surface area contributed by atoms with Crippen LogP contribution in [0.1, 0.15) is 34.8 Å². The number of fused-ring (bicyclic) bond motifs is 1. The Balaban J connectivity index is 1.60. The van der Waals surface area contributed by atoms with Crippen LogP contribution in [0.15, 0.2) is 42.9 Å². The van der Waals surface area contributed by atoms with Gasteiger partial charge in [0.05, 0.1) is 24.0 Å². The minimum absolute atomic E-state index is 0.0195. The molecule has 1 unspecified atom stereocenters. The van der Waals surface area contributed by atoms with E-state index in [1.165, 1.54) is 35.4 Å².